The minimum atomic E-state index is -0.0665. The lowest BCUT2D eigenvalue weighted by molar-refractivity contribution is -0.116. The number of para-hydroxylation sites is 4. The van der Waals surface area contributed by atoms with E-state index in [2.05, 4.69) is 10.6 Å². The molecule has 1 amide bonds. The zero-order valence-corrected chi connectivity index (χ0v) is 15.4. The van der Waals surface area contributed by atoms with Gasteiger partial charge in [0.15, 0.2) is 11.5 Å². The number of nitrogens with one attached hydrogen (secondary N) is 2. The van der Waals surface area contributed by atoms with Crippen LogP contribution in [0, 0.1) is 0 Å². The Hall–Kier alpha value is -2.44. The molecule has 1 aliphatic heterocycles. The number of anilines is 1. The fourth-order valence-corrected chi connectivity index (χ4v) is 2.59. The Morgan fingerprint density at radius 2 is 1.88 bits per heavy atom. The van der Waals surface area contributed by atoms with Crippen LogP contribution in [0.1, 0.15) is 6.42 Å². The van der Waals surface area contributed by atoms with Crippen LogP contribution in [0.3, 0.4) is 0 Å². The number of carbonyl (C=O) groups is 1. The third kappa shape index (κ3) is 5.28. The molecule has 140 valence electrons. The quantitative estimate of drug-likeness (QED) is 0.725. The van der Waals surface area contributed by atoms with Gasteiger partial charge in [-0.25, -0.2) is 0 Å². The van der Waals surface area contributed by atoms with Crippen molar-refractivity contribution in [3.05, 3.63) is 48.5 Å². The molecule has 2 N–H and O–H groups in total. The Balaban J connectivity index is 0.00000243. The van der Waals surface area contributed by atoms with Crippen LogP contribution in [0.4, 0.5) is 5.69 Å². The maximum Gasteiger partial charge on any atom is 0.225 e. The van der Waals surface area contributed by atoms with Gasteiger partial charge in [0.2, 0.25) is 5.91 Å². The van der Waals surface area contributed by atoms with Gasteiger partial charge in [0.1, 0.15) is 18.5 Å². The highest BCUT2D eigenvalue weighted by Crippen LogP contribution is 2.30. The minimum Gasteiger partial charge on any atom is -0.495 e. The van der Waals surface area contributed by atoms with Crippen LogP contribution in [-0.2, 0) is 4.79 Å². The number of ether oxygens (including phenoxy) is 3. The SMILES string of the molecule is COc1ccccc1NC(=O)CCNCC1COc2ccccc2O1.Cl. The molecule has 1 atom stereocenters. The van der Waals surface area contributed by atoms with Crippen molar-refractivity contribution in [1.29, 1.82) is 0 Å². The molecule has 2 aromatic rings. The van der Waals surface area contributed by atoms with E-state index in [1.54, 1.807) is 7.11 Å². The number of halogens is 1. The maximum atomic E-state index is 12.0. The number of hydrogen-bond donors (Lipinski definition) is 2. The van der Waals surface area contributed by atoms with E-state index < -0.39 is 0 Å². The molecule has 0 aromatic heterocycles. The van der Waals surface area contributed by atoms with Crippen LogP contribution in [0.15, 0.2) is 48.5 Å². The molecule has 6 nitrogen and oxygen atoms in total. The summed E-state index contributed by atoms with van der Waals surface area (Å²) in [7, 11) is 1.58. The van der Waals surface area contributed by atoms with Crippen LogP contribution in [0.2, 0.25) is 0 Å². The zero-order chi connectivity index (χ0) is 17.5. The number of methoxy groups -OCH3 is 1. The van der Waals surface area contributed by atoms with Crippen molar-refractivity contribution in [1.82, 2.24) is 5.32 Å². The van der Waals surface area contributed by atoms with Gasteiger partial charge in [-0.15, -0.1) is 12.4 Å². The van der Waals surface area contributed by atoms with Crippen molar-refractivity contribution in [3.63, 3.8) is 0 Å². The molecular weight excluding hydrogens is 356 g/mol. The Kier molecular flexibility index (Phi) is 7.56. The zero-order valence-electron chi connectivity index (χ0n) is 14.6. The monoisotopic (exact) mass is 378 g/mol. The highest BCUT2D eigenvalue weighted by Gasteiger charge is 2.20. The largest absolute Gasteiger partial charge is 0.495 e. The third-order valence-electron chi connectivity index (χ3n) is 3.85. The van der Waals surface area contributed by atoms with E-state index >= 15 is 0 Å². The van der Waals surface area contributed by atoms with Crippen molar-refractivity contribution in [2.75, 3.05) is 32.1 Å². The first-order valence-corrected chi connectivity index (χ1v) is 8.28. The molecule has 0 fully saturated rings. The summed E-state index contributed by atoms with van der Waals surface area (Å²) in [5, 5.41) is 6.09. The van der Waals surface area contributed by atoms with E-state index in [0.29, 0.717) is 37.6 Å². The van der Waals surface area contributed by atoms with E-state index in [-0.39, 0.29) is 24.4 Å². The fourth-order valence-electron chi connectivity index (χ4n) is 2.59. The molecule has 0 bridgehead atoms. The number of carbonyl (C=O) groups excluding carboxylic acids is 1. The molecule has 0 aliphatic carbocycles. The molecule has 1 unspecified atom stereocenters. The number of hydrogen-bond acceptors (Lipinski definition) is 5. The Bertz CT molecular complexity index is 726. The van der Waals surface area contributed by atoms with Gasteiger partial charge in [-0.3, -0.25) is 4.79 Å². The maximum absolute atomic E-state index is 12.0. The predicted octanol–water partition coefficient (Wildman–Crippen LogP) is 2.88. The molecule has 3 rings (SSSR count). The van der Waals surface area contributed by atoms with Crippen LogP contribution in [0.5, 0.6) is 17.2 Å². The summed E-state index contributed by atoms with van der Waals surface area (Å²) in [5.41, 5.74) is 0.677. The second kappa shape index (κ2) is 9.89. The first kappa shape index (κ1) is 19.9. The number of benzene rings is 2. The average Bonchev–Trinajstić information content (AvgIpc) is 2.65. The van der Waals surface area contributed by atoms with Crippen molar-refractivity contribution >= 4 is 24.0 Å². The highest BCUT2D eigenvalue weighted by atomic mass is 35.5. The van der Waals surface area contributed by atoms with Crippen molar-refractivity contribution in [2.24, 2.45) is 0 Å². The van der Waals surface area contributed by atoms with Crippen molar-refractivity contribution in [2.45, 2.75) is 12.5 Å². The fraction of sp³-hybridized carbons (Fsp3) is 0.316. The Labute approximate surface area is 159 Å². The lowest BCUT2D eigenvalue weighted by Gasteiger charge is -2.26. The van der Waals surface area contributed by atoms with E-state index in [0.717, 1.165) is 11.5 Å². The smallest absolute Gasteiger partial charge is 0.225 e. The Morgan fingerprint density at radius 1 is 1.15 bits per heavy atom. The van der Waals surface area contributed by atoms with Gasteiger partial charge in [0.25, 0.3) is 0 Å². The van der Waals surface area contributed by atoms with Gasteiger partial charge >= 0.3 is 0 Å². The number of amides is 1. The number of fused-ring (bicyclic) bond motifs is 1. The highest BCUT2D eigenvalue weighted by molar-refractivity contribution is 5.92. The standard InChI is InChI=1S/C19H22N2O4.ClH/c1-23-16-7-3-2-6-15(16)21-19(22)10-11-20-12-14-13-24-17-8-4-5-9-18(17)25-14;/h2-9,14,20H,10-13H2,1H3,(H,21,22);1H. The van der Waals surface area contributed by atoms with E-state index in [4.69, 9.17) is 14.2 Å². The van der Waals surface area contributed by atoms with Crippen molar-refractivity contribution in [3.8, 4) is 17.2 Å². The second-order valence-electron chi connectivity index (χ2n) is 5.70. The molecule has 1 heterocycles. The first-order valence-electron chi connectivity index (χ1n) is 8.28. The first-order chi connectivity index (χ1) is 12.3. The van der Waals surface area contributed by atoms with Gasteiger partial charge in [-0.1, -0.05) is 24.3 Å². The molecule has 1 aliphatic rings. The minimum absolute atomic E-state index is 0. The molecule has 0 saturated heterocycles. The molecule has 0 saturated carbocycles. The lowest BCUT2D eigenvalue weighted by atomic mass is 10.2. The van der Waals surface area contributed by atoms with Crippen LogP contribution >= 0.6 is 12.4 Å². The summed E-state index contributed by atoms with van der Waals surface area (Å²) < 4.78 is 16.7. The summed E-state index contributed by atoms with van der Waals surface area (Å²) in [6.07, 6.45) is 0.301. The normalized spacial score (nSPS) is 14.9. The van der Waals surface area contributed by atoms with E-state index in [9.17, 15) is 4.79 Å². The van der Waals surface area contributed by atoms with Gasteiger partial charge < -0.3 is 24.8 Å². The average molecular weight is 379 g/mol. The number of rotatable bonds is 7. The molecule has 7 heteroatoms. The van der Waals surface area contributed by atoms with Crippen molar-refractivity contribution < 1.29 is 19.0 Å². The van der Waals surface area contributed by atoms with Gasteiger partial charge in [0.05, 0.1) is 12.8 Å². The molecular formula is C19H23ClN2O4. The summed E-state index contributed by atoms with van der Waals surface area (Å²) in [6, 6.07) is 15.0. The summed E-state index contributed by atoms with van der Waals surface area (Å²) in [4.78, 5) is 12.0. The van der Waals surface area contributed by atoms with Gasteiger partial charge in [-0.2, -0.15) is 0 Å². The predicted molar refractivity (Wildman–Crippen MR) is 103 cm³/mol. The Morgan fingerprint density at radius 3 is 2.69 bits per heavy atom. The third-order valence-corrected chi connectivity index (χ3v) is 3.85. The van der Waals surface area contributed by atoms with Crippen LogP contribution < -0.4 is 24.8 Å². The van der Waals surface area contributed by atoms with E-state index in [1.807, 2.05) is 48.5 Å². The summed E-state index contributed by atoms with van der Waals surface area (Å²) in [5.74, 6) is 2.11. The summed E-state index contributed by atoms with van der Waals surface area (Å²) >= 11 is 0. The van der Waals surface area contributed by atoms with Crippen LogP contribution in [0.25, 0.3) is 0 Å². The molecule has 26 heavy (non-hydrogen) atoms. The second-order valence-corrected chi connectivity index (χ2v) is 5.70. The lowest BCUT2D eigenvalue weighted by Crippen LogP contribution is -2.39. The van der Waals surface area contributed by atoms with Gasteiger partial charge in [-0.05, 0) is 24.3 Å². The van der Waals surface area contributed by atoms with Gasteiger partial charge in [0, 0.05) is 19.5 Å². The topological polar surface area (TPSA) is 68.8 Å². The van der Waals surface area contributed by atoms with E-state index in [1.165, 1.54) is 0 Å². The summed E-state index contributed by atoms with van der Waals surface area (Å²) in [6.45, 7) is 1.68. The molecule has 2 aromatic carbocycles. The molecule has 0 radical (unpaired) electrons. The van der Waals surface area contributed by atoms with Crippen LogP contribution in [-0.4, -0.2) is 38.8 Å². The molecule has 0 spiro atoms.